The number of ether oxygens (including phenoxy) is 1. The highest BCUT2D eigenvalue weighted by Crippen LogP contribution is 2.19. The molecular formula is C21H42O4Si. The summed E-state index contributed by atoms with van der Waals surface area (Å²) in [4.78, 5) is 10.9. The minimum absolute atomic E-state index is 0.312. The fourth-order valence-electron chi connectivity index (χ4n) is 3.17. The molecule has 0 aliphatic carbocycles. The molecule has 0 N–H and O–H groups in total. The number of esters is 1. The Balaban J connectivity index is 3.33. The van der Waals surface area contributed by atoms with Gasteiger partial charge in [0, 0.05) is 19.3 Å². The summed E-state index contributed by atoms with van der Waals surface area (Å²) in [6, 6.07) is 1.12. The topological polar surface area (TPSA) is 44.8 Å². The highest BCUT2D eigenvalue weighted by molar-refractivity contribution is 6.66. The second kappa shape index (κ2) is 17.7. The van der Waals surface area contributed by atoms with E-state index in [9.17, 15) is 4.79 Å². The van der Waals surface area contributed by atoms with Crippen molar-refractivity contribution >= 4 is 14.5 Å². The zero-order valence-corrected chi connectivity index (χ0v) is 18.5. The van der Waals surface area contributed by atoms with E-state index < -0.39 is 8.56 Å². The Hall–Kier alpha value is -0.653. The first-order chi connectivity index (χ1) is 12.6. The molecule has 0 aliphatic heterocycles. The van der Waals surface area contributed by atoms with Crippen LogP contribution in [-0.2, 0) is 18.4 Å². The van der Waals surface area contributed by atoms with Crippen LogP contribution in [0, 0.1) is 0 Å². The highest BCUT2D eigenvalue weighted by Gasteiger charge is 2.29. The molecule has 0 bridgehead atoms. The second-order valence-electron chi connectivity index (χ2n) is 7.01. The first-order valence-corrected chi connectivity index (χ1v) is 13.2. The fourth-order valence-corrected chi connectivity index (χ4v) is 5.65. The van der Waals surface area contributed by atoms with Crippen LogP contribution in [0.2, 0.25) is 12.6 Å². The Kier molecular flexibility index (Phi) is 17.3. The molecule has 26 heavy (non-hydrogen) atoms. The van der Waals surface area contributed by atoms with Crippen molar-refractivity contribution in [3.63, 3.8) is 0 Å². The Morgan fingerprint density at radius 1 is 0.808 bits per heavy atom. The summed E-state index contributed by atoms with van der Waals surface area (Å²) in [6.07, 6.45) is 15.1. The van der Waals surface area contributed by atoms with Gasteiger partial charge in [-0.05, 0) is 32.9 Å². The van der Waals surface area contributed by atoms with Crippen LogP contribution >= 0.6 is 0 Å². The van der Waals surface area contributed by atoms with E-state index in [1.54, 1.807) is 0 Å². The van der Waals surface area contributed by atoms with Crippen LogP contribution in [0.4, 0.5) is 0 Å². The normalized spacial score (nSPS) is 11.5. The third-order valence-electron chi connectivity index (χ3n) is 4.59. The zero-order chi connectivity index (χ0) is 19.5. The lowest BCUT2D eigenvalue weighted by molar-refractivity contribution is -0.137. The number of hydrogen-bond acceptors (Lipinski definition) is 4. The zero-order valence-electron chi connectivity index (χ0n) is 17.5. The standard InChI is InChI=1S/C21H42O4Si/c1-5-21(22)23-19-17-15-13-11-9-8-10-12-14-16-18-20-26(4,24-6-2)25-7-3/h5H,1,6-20H2,2-4H3. The monoisotopic (exact) mass is 386 g/mol. The molecular weight excluding hydrogens is 344 g/mol. The van der Waals surface area contributed by atoms with Gasteiger partial charge in [-0.3, -0.25) is 0 Å². The average molecular weight is 387 g/mol. The van der Waals surface area contributed by atoms with E-state index in [0.29, 0.717) is 6.61 Å². The predicted octanol–water partition coefficient (Wildman–Crippen LogP) is 6.15. The van der Waals surface area contributed by atoms with Gasteiger partial charge in [0.15, 0.2) is 0 Å². The van der Waals surface area contributed by atoms with E-state index in [0.717, 1.165) is 32.1 Å². The van der Waals surface area contributed by atoms with Gasteiger partial charge in [0.1, 0.15) is 0 Å². The van der Waals surface area contributed by atoms with Crippen molar-refractivity contribution in [1.82, 2.24) is 0 Å². The first kappa shape index (κ1) is 25.3. The minimum Gasteiger partial charge on any atom is -0.463 e. The maximum absolute atomic E-state index is 10.9. The number of carbonyl (C=O) groups is 1. The highest BCUT2D eigenvalue weighted by atomic mass is 28.4. The lowest BCUT2D eigenvalue weighted by Crippen LogP contribution is -2.38. The molecule has 0 heterocycles. The van der Waals surface area contributed by atoms with E-state index in [1.807, 2.05) is 0 Å². The Morgan fingerprint density at radius 3 is 1.65 bits per heavy atom. The van der Waals surface area contributed by atoms with Crippen LogP contribution in [0.5, 0.6) is 0 Å². The Morgan fingerprint density at radius 2 is 1.23 bits per heavy atom. The SMILES string of the molecule is C=CC(=O)OCCCCCCCCCCCCC[Si](C)(OCC)OCC. The van der Waals surface area contributed by atoms with Crippen molar-refractivity contribution in [1.29, 1.82) is 0 Å². The van der Waals surface area contributed by atoms with Crippen molar-refractivity contribution in [2.24, 2.45) is 0 Å². The van der Waals surface area contributed by atoms with Crippen molar-refractivity contribution in [3.05, 3.63) is 12.7 Å². The van der Waals surface area contributed by atoms with Crippen LogP contribution in [-0.4, -0.2) is 34.4 Å². The summed E-state index contributed by atoms with van der Waals surface area (Å²) in [5.41, 5.74) is 0. The third-order valence-corrected chi connectivity index (χ3v) is 7.65. The molecule has 0 amide bonds. The van der Waals surface area contributed by atoms with Crippen LogP contribution in [0.25, 0.3) is 0 Å². The number of rotatable bonds is 19. The lowest BCUT2D eigenvalue weighted by Gasteiger charge is -2.25. The summed E-state index contributed by atoms with van der Waals surface area (Å²) in [7, 11) is -1.89. The van der Waals surface area contributed by atoms with Gasteiger partial charge in [-0.2, -0.15) is 0 Å². The largest absolute Gasteiger partial charge is 0.463 e. The molecule has 0 aromatic carbocycles. The molecule has 0 saturated heterocycles. The van der Waals surface area contributed by atoms with Crippen molar-refractivity contribution in [3.8, 4) is 0 Å². The lowest BCUT2D eigenvalue weighted by atomic mass is 10.1. The predicted molar refractivity (Wildman–Crippen MR) is 112 cm³/mol. The van der Waals surface area contributed by atoms with Gasteiger partial charge in [0.05, 0.1) is 6.61 Å². The maximum atomic E-state index is 10.9. The Labute approximate surface area is 162 Å². The van der Waals surface area contributed by atoms with E-state index in [1.165, 1.54) is 63.9 Å². The van der Waals surface area contributed by atoms with Crippen molar-refractivity contribution < 1.29 is 18.4 Å². The smallest absolute Gasteiger partial charge is 0.334 e. The van der Waals surface area contributed by atoms with Crippen LogP contribution in [0.3, 0.4) is 0 Å². The van der Waals surface area contributed by atoms with Gasteiger partial charge in [-0.1, -0.05) is 70.8 Å². The molecule has 0 aromatic rings. The second-order valence-corrected chi connectivity index (χ2v) is 10.4. The Bertz CT molecular complexity index is 341. The van der Waals surface area contributed by atoms with E-state index in [-0.39, 0.29) is 5.97 Å². The van der Waals surface area contributed by atoms with Gasteiger partial charge in [-0.15, -0.1) is 0 Å². The molecule has 154 valence electrons. The van der Waals surface area contributed by atoms with Crippen molar-refractivity contribution in [2.75, 3.05) is 19.8 Å². The molecule has 0 aliphatic rings. The van der Waals surface area contributed by atoms with Gasteiger partial charge in [0.2, 0.25) is 0 Å². The van der Waals surface area contributed by atoms with Gasteiger partial charge in [0.25, 0.3) is 0 Å². The van der Waals surface area contributed by atoms with Crippen LogP contribution in [0.15, 0.2) is 12.7 Å². The van der Waals surface area contributed by atoms with E-state index in [2.05, 4.69) is 27.0 Å². The van der Waals surface area contributed by atoms with E-state index in [4.69, 9.17) is 13.6 Å². The third kappa shape index (κ3) is 15.6. The van der Waals surface area contributed by atoms with Crippen LogP contribution in [0.1, 0.15) is 84.5 Å². The summed E-state index contributed by atoms with van der Waals surface area (Å²) < 4.78 is 16.7. The molecule has 0 aromatic heterocycles. The number of carbonyl (C=O) groups excluding carboxylic acids is 1. The quantitative estimate of drug-likeness (QED) is 0.116. The minimum atomic E-state index is -1.89. The molecule has 0 rings (SSSR count). The molecule has 5 heteroatoms. The molecule has 4 nitrogen and oxygen atoms in total. The van der Waals surface area contributed by atoms with Gasteiger partial charge >= 0.3 is 14.5 Å². The summed E-state index contributed by atoms with van der Waals surface area (Å²) in [5, 5.41) is 0. The molecule has 0 saturated carbocycles. The average Bonchev–Trinajstić information content (AvgIpc) is 2.62. The molecule has 0 fully saturated rings. The molecule has 0 unspecified atom stereocenters. The summed E-state index contributed by atoms with van der Waals surface area (Å²) >= 11 is 0. The number of unbranched alkanes of at least 4 members (excludes halogenated alkanes) is 10. The molecule has 0 radical (unpaired) electrons. The van der Waals surface area contributed by atoms with Gasteiger partial charge < -0.3 is 13.6 Å². The van der Waals surface area contributed by atoms with Gasteiger partial charge in [-0.25, -0.2) is 4.79 Å². The first-order valence-electron chi connectivity index (χ1n) is 10.6. The summed E-state index contributed by atoms with van der Waals surface area (Å²) in [5.74, 6) is -0.312. The van der Waals surface area contributed by atoms with Crippen molar-refractivity contribution in [2.45, 2.75) is 97.1 Å². The maximum Gasteiger partial charge on any atom is 0.334 e. The summed E-state index contributed by atoms with van der Waals surface area (Å²) in [6.45, 7) is 11.8. The molecule has 0 spiro atoms. The number of hydrogen-bond donors (Lipinski definition) is 0. The van der Waals surface area contributed by atoms with Crippen LogP contribution < -0.4 is 0 Å². The van der Waals surface area contributed by atoms with E-state index >= 15 is 0 Å². The fraction of sp³-hybridized carbons (Fsp3) is 0.857. The molecule has 0 atom stereocenters.